The lowest BCUT2D eigenvalue weighted by atomic mass is 9.62. The molecular weight excluding hydrogens is 423 g/mol. The van der Waals surface area contributed by atoms with Crippen LogP contribution < -0.4 is 15.4 Å². The van der Waals surface area contributed by atoms with Crippen molar-refractivity contribution in [3.05, 3.63) is 58.0 Å². The largest absolute Gasteiger partial charge is 0.496 e. The Labute approximate surface area is 194 Å². The van der Waals surface area contributed by atoms with E-state index in [0.29, 0.717) is 16.9 Å². The van der Waals surface area contributed by atoms with E-state index in [9.17, 15) is 4.79 Å². The normalized spacial score (nSPS) is 20.0. The van der Waals surface area contributed by atoms with E-state index < -0.39 is 5.82 Å². The third kappa shape index (κ3) is 3.71. The number of amides is 1. The minimum Gasteiger partial charge on any atom is -0.496 e. The van der Waals surface area contributed by atoms with Gasteiger partial charge in [-0.1, -0.05) is 33.8 Å². The second-order valence-electron chi connectivity index (χ2n) is 9.99. The zero-order valence-corrected chi connectivity index (χ0v) is 20.2. The van der Waals surface area contributed by atoms with Crippen LogP contribution >= 0.6 is 12.2 Å². The molecule has 1 amide bonds. The minimum atomic E-state index is -0.430. The molecule has 0 radical (unpaired) electrons. The fourth-order valence-corrected chi connectivity index (χ4v) is 4.94. The SMILES string of the molecule is COc1ccc(C=C2NC(=S)NC2=O)c(F)c1-c1cc2c(cc1C)C(C)(C)CCC2(C)C. The Morgan fingerprint density at radius 3 is 2.25 bits per heavy atom. The van der Waals surface area contributed by atoms with Crippen LogP contribution in [0.25, 0.3) is 17.2 Å². The van der Waals surface area contributed by atoms with Crippen molar-refractivity contribution in [2.75, 3.05) is 7.11 Å². The standard InChI is InChI=1S/C26H29FN2O2S/c1-14-11-17-18(26(4,5)10-9-25(17,2)3)13-16(14)21-20(31-6)8-7-15(22(21)27)12-19-23(30)29-24(32)28-19/h7-8,11-13H,9-10H2,1-6H3,(H2,28,29,30,32). The molecule has 0 saturated carbocycles. The summed E-state index contributed by atoms with van der Waals surface area (Å²) in [6.45, 7) is 11.1. The van der Waals surface area contributed by atoms with Crippen LogP contribution in [0.5, 0.6) is 5.75 Å². The van der Waals surface area contributed by atoms with Crippen molar-refractivity contribution in [2.24, 2.45) is 0 Å². The number of nitrogens with one attached hydrogen (secondary N) is 2. The first-order chi connectivity index (χ1) is 14.9. The highest BCUT2D eigenvalue weighted by atomic mass is 32.1. The number of ether oxygens (including phenoxy) is 1. The van der Waals surface area contributed by atoms with Crippen molar-refractivity contribution >= 4 is 29.3 Å². The Balaban J connectivity index is 1.93. The number of hydrogen-bond acceptors (Lipinski definition) is 3. The molecule has 2 N–H and O–H groups in total. The summed E-state index contributed by atoms with van der Waals surface area (Å²) in [4.78, 5) is 12.0. The fraction of sp³-hybridized carbons (Fsp3) is 0.385. The lowest BCUT2D eigenvalue weighted by Gasteiger charge is -2.42. The molecule has 0 bridgehead atoms. The molecule has 0 unspecified atom stereocenters. The third-order valence-corrected chi connectivity index (χ3v) is 7.04. The van der Waals surface area contributed by atoms with Crippen LogP contribution in [0, 0.1) is 12.7 Å². The summed E-state index contributed by atoms with van der Waals surface area (Å²) < 4.78 is 21.5. The number of aryl methyl sites for hydroxylation is 1. The highest BCUT2D eigenvalue weighted by Crippen LogP contribution is 2.48. The molecule has 2 aromatic rings. The lowest BCUT2D eigenvalue weighted by molar-refractivity contribution is -0.115. The topological polar surface area (TPSA) is 50.4 Å². The van der Waals surface area contributed by atoms with Crippen molar-refractivity contribution in [3.63, 3.8) is 0 Å². The summed E-state index contributed by atoms with van der Waals surface area (Å²) in [5.41, 5.74) is 5.37. The number of rotatable bonds is 3. The molecule has 0 spiro atoms. The van der Waals surface area contributed by atoms with Crippen LogP contribution in [0.3, 0.4) is 0 Å². The predicted molar refractivity (Wildman–Crippen MR) is 130 cm³/mol. The molecule has 32 heavy (non-hydrogen) atoms. The molecule has 2 aromatic carbocycles. The summed E-state index contributed by atoms with van der Waals surface area (Å²) in [5, 5.41) is 5.49. The quantitative estimate of drug-likeness (QED) is 0.477. The number of thiocarbonyl (C=S) groups is 1. The summed E-state index contributed by atoms with van der Waals surface area (Å²) >= 11 is 4.98. The molecule has 4 rings (SSSR count). The van der Waals surface area contributed by atoms with Crippen LogP contribution in [0.1, 0.15) is 62.8 Å². The van der Waals surface area contributed by atoms with Gasteiger partial charge in [0.1, 0.15) is 17.3 Å². The maximum atomic E-state index is 15.9. The van der Waals surface area contributed by atoms with E-state index in [4.69, 9.17) is 17.0 Å². The monoisotopic (exact) mass is 452 g/mol. The summed E-state index contributed by atoms with van der Waals surface area (Å²) in [6, 6.07) is 7.70. The zero-order chi connectivity index (χ0) is 23.4. The second kappa shape index (κ2) is 7.69. The van der Waals surface area contributed by atoms with Gasteiger partial charge in [0, 0.05) is 5.56 Å². The van der Waals surface area contributed by atoms with Gasteiger partial charge in [0.2, 0.25) is 0 Å². The molecule has 1 fully saturated rings. The van der Waals surface area contributed by atoms with Gasteiger partial charge in [-0.25, -0.2) is 4.39 Å². The molecule has 1 aliphatic heterocycles. The third-order valence-electron chi connectivity index (χ3n) is 6.84. The number of halogens is 1. The molecule has 4 nitrogen and oxygen atoms in total. The average Bonchev–Trinajstić information content (AvgIpc) is 3.04. The van der Waals surface area contributed by atoms with E-state index in [-0.39, 0.29) is 27.5 Å². The van der Waals surface area contributed by atoms with Gasteiger partial charge in [0.05, 0.1) is 12.7 Å². The van der Waals surface area contributed by atoms with Gasteiger partial charge >= 0.3 is 0 Å². The second-order valence-corrected chi connectivity index (χ2v) is 10.4. The summed E-state index contributed by atoms with van der Waals surface area (Å²) in [7, 11) is 1.54. The van der Waals surface area contributed by atoms with Crippen LogP contribution in [0.15, 0.2) is 30.0 Å². The Kier molecular flexibility index (Phi) is 5.40. The molecule has 6 heteroatoms. The summed E-state index contributed by atoms with van der Waals surface area (Å²) in [5.74, 6) is -0.346. The van der Waals surface area contributed by atoms with Crippen LogP contribution in [-0.4, -0.2) is 18.1 Å². The number of carbonyl (C=O) groups excluding carboxylic acids is 1. The number of hydrogen-bond donors (Lipinski definition) is 2. The fourth-order valence-electron chi connectivity index (χ4n) is 4.74. The van der Waals surface area contributed by atoms with Gasteiger partial charge < -0.3 is 10.1 Å². The number of carbonyl (C=O) groups is 1. The van der Waals surface area contributed by atoms with Gasteiger partial charge in [0.25, 0.3) is 5.91 Å². The van der Waals surface area contributed by atoms with Crippen molar-refractivity contribution in [1.29, 1.82) is 0 Å². The smallest absolute Gasteiger partial charge is 0.273 e. The number of methoxy groups -OCH3 is 1. The van der Waals surface area contributed by atoms with E-state index >= 15 is 4.39 Å². The Morgan fingerprint density at radius 2 is 1.69 bits per heavy atom. The maximum absolute atomic E-state index is 15.9. The van der Waals surface area contributed by atoms with Gasteiger partial charge in [-0.3, -0.25) is 10.1 Å². The van der Waals surface area contributed by atoms with E-state index in [1.807, 2.05) is 6.92 Å². The Bertz CT molecular complexity index is 1180. The maximum Gasteiger partial charge on any atom is 0.273 e. The zero-order valence-electron chi connectivity index (χ0n) is 19.4. The Morgan fingerprint density at radius 1 is 1.06 bits per heavy atom. The van der Waals surface area contributed by atoms with Crippen molar-refractivity contribution < 1.29 is 13.9 Å². The predicted octanol–water partition coefficient (Wildman–Crippen LogP) is 5.50. The molecule has 1 heterocycles. The van der Waals surface area contributed by atoms with Crippen LogP contribution in [0.4, 0.5) is 4.39 Å². The highest BCUT2D eigenvalue weighted by molar-refractivity contribution is 7.80. The average molecular weight is 453 g/mol. The lowest BCUT2D eigenvalue weighted by Crippen LogP contribution is -2.34. The van der Waals surface area contributed by atoms with Gasteiger partial charge in [-0.2, -0.15) is 0 Å². The minimum absolute atomic E-state index is 0.00183. The first kappa shape index (κ1) is 22.5. The highest BCUT2D eigenvalue weighted by Gasteiger charge is 2.38. The number of benzene rings is 2. The summed E-state index contributed by atoms with van der Waals surface area (Å²) in [6.07, 6.45) is 3.67. The number of fused-ring (bicyclic) bond motifs is 1. The molecule has 1 saturated heterocycles. The van der Waals surface area contributed by atoms with E-state index in [1.54, 1.807) is 19.2 Å². The van der Waals surface area contributed by atoms with Crippen molar-refractivity contribution in [3.8, 4) is 16.9 Å². The van der Waals surface area contributed by atoms with E-state index in [2.05, 4.69) is 50.5 Å². The van der Waals surface area contributed by atoms with Crippen molar-refractivity contribution in [1.82, 2.24) is 10.6 Å². The molecule has 0 atom stereocenters. The Hall–Kier alpha value is -2.73. The van der Waals surface area contributed by atoms with E-state index in [0.717, 1.165) is 24.0 Å². The first-order valence-corrected chi connectivity index (χ1v) is 11.2. The first-order valence-electron chi connectivity index (χ1n) is 10.8. The van der Waals surface area contributed by atoms with Gasteiger partial charge in [-0.15, -0.1) is 0 Å². The molecule has 168 valence electrons. The van der Waals surface area contributed by atoms with Gasteiger partial charge in [-0.05, 0) is 89.3 Å². The van der Waals surface area contributed by atoms with Crippen LogP contribution in [-0.2, 0) is 15.6 Å². The van der Waals surface area contributed by atoms with Crippen molar-refractivity contribution in [2.45, 2.75) is 58.3 Å². The van der Waals surface area contributed by atoms with E-state index in [1.165, 1.54) is 17.2 Å². The van der Waals surface area contributed by atoms with Gasteiger partial charge in [0.15, 0.2) is 5.11 Å². The molecule has 2 aliphatic rings. The van der Waals surface area contributed by atoms with Crippen LogP contribution in [0.2, 0.25) is 0 Å². The molecular formula is C26H29FN2O2S. The molecule has 0 aromatic heterocycles. The molecule has 1 aliphatic carbocycles.